The van der Waals surface area contributed by atoms with Crippen LogP contribution in [0.4, 0.5) is 11.6 Å². The highest BCUT2D eigenvalue weighted by atomic mass is 35.5. The van der Waals surface area contributed by atoms with Gasteiger partial charge in [0.2, 0.25) is 0 Å². The van der Waals surface area contributed by atoms with E-state index >= 15 is 0 Å². The first-order chi connectivity index (χ1) is 14.2. The topological polar surface area (TPSA) is 92.2 Å². The highest BCUT2D eigenvalue weighted by molar-refractivity contribution is 6.33. The van der Waals surface area contributed by atoms with Crippen molar-refractivity contribution >= 4 is 23.2 Å². The van der Waals surface area contributed by atoms with Gasteiger partial charge in [-0.25, -0.2) is 9.97 Å². The zero-order valence-corrected chi connectivity index (χ0v) is 17.2. The first-order valence-electron chi connectivity index (χ1n) is 10.4. The number of nitrogens with one attached hydrogen (secondary N) is 2. The Morgan fingerprint density at radius 3 is 2.76 bits per heavy atom. The third-order valence-corrected chi connectivity index (χ3v) is 5.94. The zero-order chi connectivity index (χ0) is 20.1. The summed E-state index contributed by atoms with van der Waals surface area (Å²) in [7, 11) is 0. The molecule has 1 aliphatic carbocycles. The maximum atomic E-state index is 9.69. The van der Waals surface area contributed by atoms with Crippen LogP contribution in [0.15, 0.2) is 24.7 Å². The van der Waals surface area contributed by atoms with Crippen LogP contribution in [-0.2, 0) is 4.74 Å². The van der Waals surface area contributed by atoms with Gasteiger partial charge in [-0.2, -0.15) is 0 Å². The van der Waals surface area contributed by atoms with Gasteiger partial charge in [-0.3, -0.25) is 4.98 Å². The van der Waals surface area contributed by atoms with Crippen LogP contribution in [0.25, 0.3) is 11.3 Å². The monoisotopic (exact) mass is 417 g/mol. The molecule has 29 heavy (non-hydrogen) atoms. The van der Waals surface area contributed by atoms with Crippen LogP contribution in [0, 0.1) is 5.92 Å². The van der Waals surface area contributed by atoms with Gasteiger partial charge in [-0.15, -0.1) is 0 Å². The molecule has 2 aromatic heterocycles. The summed E-state index contributed by atoms with van der Waals surface area (Å²) in [6, 6.07) is 2.24. The number of aliphatic hydroxyl groups is 1. The van der Waals surface area contributed by atoms with E-state index < -0.39 is 0 Å². The summed E-state index contributed by atoms with van der Waals surface area (Å²) in [6.07, 6.45) is 10.7. The van der Waals surface area contributed by atoms with Crippen molar-refractivity contribution in [2.45, 2.75) is 50.7 Å². The summed E-state index contributed by atoms with van der Waals surface area (Å²) in [6.45, 7) is 2.48. The molecule has 0 amide bonds. The second-order valence-corrected chi connectivity index (χ2v) is 8.36. The van der Waals surface area contributed by atoms with E-state index in [1.807, 2.05) is 6.07 Å². The van der Waals surface area contributed by atoms with Crippen molar-refractivity contribution in [1.29, 1.82) is 0 Å². The fourth-order valence-corrected chi connectivity index (χ4v) is 4.14. The van der Waals surface area contributed by atoms with Gasteiger partial charge in [0.05, 0.1) is 35.8 Å². The number of aromatic nitrogens is 3. The summed E-state index contributed by atoms with van der Waals surface area (Å²) in [5.74, 6) is 2.01. The molecule has 1 aliphatic heterocycles. The quantitative estimate of drug-likeness (QED) is 0.659. The third kappa shape index (κ3) is 5.56. The van der Waals surface area contributed by atoms with E-state index in [2.05, 4.69) is 20.6 Å². The molecule has 1 unspecified atom stereocenters. The SMILES string of the molecule is O[C@H]1CC[C@H](Nc2cc(-c3cncc(NCC4CCCOC4)n3)c(Cl)cn2)CC1. The number of hydrogen-bond acceptors (Lipinski definition) is 7. The van der Waals surface area contributed by atoms with Gasteiger partial charge in [-0.1, -0.05) is 11.6 Å². The predicted octanol–water partition coefficient (Wildman–Crippen LogP) is 3.75. The molecule has 1 saturated heterocycles. The van der Waals surface area contributed by atoms with E-state index in [-0.39, 0.29) is 6.10 Å². The van der Waals surface area contributed by atoms with Gasteiger partial charge in [0.25, 0.3) is 0 Å². The average Bonchev–Trinajstić information content (AvgIpc) is 2.76. The van der Waals surface area contributed by atoms with Gasteiger partial charge in [0.15, 0.2) is 0 Å². The zero-order valence-electron chi connectivity index (χ0n) is 16.5. The van der Waals surface area contributed by atoms with Crippen LogP contribution in [0.5, 0.6) is 0 Å². The normalized spacial score (nSPS) is 24.8. The van der Waals surface area contributed by atoms with Gasteiger partial charge < -0.3 is 20.5 Å². The summed E-state index contributed by atoms with van der Waals surface area (Å²) >= 11 is 6.42. The Bertz CT molecular complexity index is 807. The lowest BCUT2D eigenvalue weighted by Gasteiger charge is -2.26. The maximum absolute atomic E-state index is 9.69. The summed E-state index contributed by atoms with van der Waals surface area (Å²) in [4.78, 5) is 13.4. The van der Waals surface area contributed by atoms with E-state index in [1.165, 1.54) is 6.42 Å². The molecular formula is C21H28ClN5O2. The first kappa shape index (κ1) is 20.3. The molecule has 2 aliphatic rings. The van der Waals surface area contributed by atoms with Crippen molar-refractivity contribution in [2.24, 2.45) is 5.92 Å². The largest absolute Gasteiger partial charge is 0.393 e. The van der Waals surface area contributed by atoms with Crippen molar-refractivity contribution in [2.75, 3.05) is 30.4 Å². The lowest BCUT2D eigenvalue weighted by molar-refractivity contribution is 0.0595. The highest BCUT2D eigenvalue weighted by Crippen LogP contribution is 2.29. The van der Waals surface area contributed by atoms with Crippen LogP contribution in [0.1, 0.15) is 38.5 Å². The number of anilines is 2. The Hall–Kier alpha value is -1.96. The fourth-order valence-electron chi connectivity index (χ4n) is 3.94. The fraction of sp³-hybridized carbons (Fsp3) is 0.571. The Morgan fingerprint density at radius 1 is 1.10 bits per heavy atom. The van der Waals surface area contributed by atoms with Crippen LogP contribution >= 0.6 is 11.6 Å². The molecule has 7 nitrogen and oxygen atoms in total. The molecule has 0 bridgehead atoms. The van der Waals surface area contributed by atoms with Gasteiger partial charge in [0, 0.05) is 31.0 Å². The van der Waals surface area contributed by atoms with Crippen LogP contribution < -0.4 is 10.6 Å². The standard InChI is InChI=1S/C21H28ClN5O2/c22-18-10-25-20(26-15-3-5-16(28)6-4-15)8-17(18)19-11-23-12-21(27-19)24-9-14-2-1-7-29-13-14/h8,10-12,14-16,28H,1-7,9,13H2,(H,24,27)(H,25,26)/t14?,15-,16-. The summed E-state index contributed by atoms with van der Waals surface area (Å²) < 4.78 is 5.54. The third-order valence-electron chi connectivity index (χ3n) is 5.64. The van der Waals surface area contributed by atoms with Gasteiger partial charge in [-0.05, 0) is 50.5 Å². The number of nitrogens with zero attached hydrogens (tertiary/aromatic N) is 3. The minimum Gasteiger partial charge on any atom is -0.393 e. The molecule has 4 rings (SSSR count). The number of halogens is 1. The van der Waals surface area contributed by atoms with Crippen molar-refractivity contribution < 1.29 is 9.84 Å². The van der Waals surface area contributed by atoms with Gasteiger partial charge in [0.1, 0.15) is 11.6 Å². The van der Waals surface area contributed by atoms with E-state index in [0.29, 0.717) is 22.7 Å². The molecule has 3 N–H and O–H groups in total. The van der Waals surface area contributed by atoms with E-state index in [4.69, 9.17) is 21.3 Å². The number of pyridine rings is 1. The smallest absolute Gasteiger partial charge is 0.145 e. The second-order valence-electron chi connectivity index (χ2n) is 7.95. The van der Waals surface area contributed by atoms with Crippen LogP contribution in [0.2, 0.25) is 5.02 Å². The molecule has 0 spiro atoms. The van der Waals surface area contributed by atoms with Gasteiger partial charge >= 0.3 is 0 Å². The molecule has 156 valence electrons. The highest BCUT2D eigenvalue weighted by Gasteiger charge is 2.20. The molecule has 0 radical (unpaired) electrons. The Kier molecular flexibility index (Phi) is 6.79. The molecule has 8 heteroatoms. The summed E-state index contributed by atoms with van der Waals surface area (Å²) in [5.41, 5.74) is 1.52. The number of ether oxygens (including phenoxy) is 1. The molecule has 2 fully saturated rings. The lowest BCUT2D eigenvalue weighted by atomic mass is 9.93. The lowest BCUT2D eigenvalue weighted by Crippen LogP contribution is -2.28. The number of aliphatic hydroxyl groups excluding tert-OH is 1. The molecule has 2 aromatic rings. The predicted molar refractivity (Wildman–Crippen MR) is 114 cm³/mol. The Morgan fingerprint density at radius 2 is 1.97 bits per heavy atom. The molecule has 3 heterocycles. The molecule has 0 aromatic carbocycles. The van der Waals surface area contributed by atoms with Crippen molar-refractivity contribution in [3.05, 3.63) is 29.7 Å². The first-order valence-corrected chi connectivity index (χ1v) is 10.8. The molecule has 1 saturated carbocycles. The maximum Gasteiger partial charge on any atom is 0.145 e. The van der Waals surface area contributed by atoms with Crippen LogP contribution in [-0.4, -0.2) is 52.0 Å². The Labute approximate surface area is 176 Å². The minimum atomic E-state index is -0.174. The van der Waals surface area contributed by atoms with Crippen molar-refractivity contribution in [3.8, 4) is 11.3 Å². The van der Waals surface area contributed by atoms with Crippen molar-refractivity contribution in [1.82, 2.24) is 15.0 Å². The van der Waals surface area contributed by atoms with E-state index in [1.54, 1.807) is 18.6 Å². The average molecular weight is 418 g/mol. The summed E-state index contributed by atoms with van der Waals surface area (Å²) in [5, 5.41) is 17.1. The molecule has 1 atom stereocenters. The van der Waals surface area contributed by atoms with E-state index in [9.17, 15) is 5.11 Å². The number of hydrogen-bond donors (Lipinski definition) is 3. The number of rotatable bonds is 6. The van der Waals surface area contributed by atoms with E-state index in [0.717, 1.165) is 69.1 Å². The Balaban J connectivity index is 1.44. The molecular weight excluding hydrogens is 390 g/mol. The van der Waals surface area contributed by atoms with Crippen LogP contribution in [0.3, 0.4) is 0 Å². The van der Waals surface area contributed by atoms with Crippen molar-refractivity contribution in [3.63, 3.8) is 0 Å². The second kappa shape index (κ2) is 9.69. The minimum absolute atomic E-state index is 0.174.